The Morgan fingerprint density at radius 1 is 1.50 bits per heavy atom. The van der Waals surface area contributed by atoms with E-state index in [1.54, 1.807) is 12.0 Å². The Morgan fingerprint density at radius 2 is 2.20 bits per heavy atom. The fourth-order valence-corrected chi connectivity index (χ4v) is 2.69. The molecule has 2 rings (SSSR count). The molecule has 1 aliphatic rings. The number of H-pyrrole nitrogens is 1. The van der Waals surface area contributed by atoms with Gasteiger partial charge in [-0.25, -0.2) is 0 Å². The molecule has 112 valence electrons. The van der Waals surface area contributed by atoms with Crippen LogP contribution in [0.2, 0.25) is 0 Å². The molecule has 6 nitrogen and oxygen atoms in total. The number of nitrogens with zero attached hydrogens (tertiary/aromatic N) is 2. The summed E-state index contributed by atoms with van der Waals surface area (Å²) in [6.45, 7) is 4.93. The molecule has 0 radical (unpaired) electrons. The maximum Gasteiger partial charge on any atom is 0.228 e. The number of carbonyl (C=O) groups excluding carboxylic acids is 1. The highest BCUT2D eigenvalue weighted by Gasteiger charge is 2.36. The van der Waals surface area contributed by atoms with Crippen LogP contribution in [0.25, 0.3) is 0 Å². The second kappa shape index (κ2) is 6.37. The van der Waals surface area contributed by atoms with Crippen molar-refractivity contribution in [3.63, 3.8) is 0 Å². The summed E-state index contributed by atoms with van der Waals surface area (Å²) in [5, 5.41) is 10.4. The van der Waals surface area contributed by atoms with Crippen molar-refractivity contribution in [3.8, 4) is 0 Å². The van der Waals surface area contributed by atoms with Crippen molar-refractivity contribution >= 4 is 5.91 Å². The summed E-state index contributed by atoms with van der Waals surface area (Å²) in [6, 6.07) is 1.94. The van der Waals surface area contributed by atoms with Crippen LogP contribution in [0.15, 0.2) is 6.07 Å². The largest absolute Gasteiger partial charge is 0.378 e. The van der Waals surface area contributed by atoms with Crippen molar-refractivity contribution in [2.24, 2.45) is 5.41 Å². The van der Waals surface area contributed by atoms with Crippen molar-refractivity contribution < 1.29 is 9.53 Å². The van der Waals surface area contributed by atoms with E-state index in [-0.39, 0.29) is 11.3 Å². The van der Waals surface area contributed by atoms with Gasteiger partial charge in [0.15, 0.2) is 0 Å². The Bertz CT molecular complexity index is 452. The van der Waals surface area contributed by atoms with Crippen LogP contribution in [0.5, 0.6) is 0 Å². The van der Waals surface area contributed by atoms with Gasteiger partial charge in [-0.3, -0.25) is 9.89 Å². The lowest BCUT2D eigenvalue weighted by Gasteiger charge is -2.35. The number of carbonyl (C=O) groups is 1. The maximum absolute atomic E-state index is 12.6. The summed E-state index contributed by atoms with van der Waals surface area (Å²) in [5.41, 5.74) is 1.55. The molecule has 2 N–H and O–H groups in total. The molecule has 1 amide bonds. The normalized spacial score (nSPS) is 17.9. The van der Waals surface area contributed by atoms with E-state index < -0.39 is 0 Å². The summed E-state index contributed by atoms with van der Waals surface area (Å²) in [4.78, 5) is 14.4. The van der Waals surface area contributed by atoms with Crippen LogP contribution in [0.4, 0.5) is 0 Å². The van der Waals surface area contributed by atoms with Crippen LogP contribution >= 0.6 is 0 Å². The van der Waals surface area contributed by atoms with E-state index in [4.69, 9.17) is 4.74 Å². The molecule has 1 fully saturated rings. The molecular formula is C14H24N4O2. The van der Waals surface area contributed by atoms with Crippen LogP contribution in [0, 0.1) is 5.41 Å². The lowest BCUT2D eigenvalue weighted by atomic mass is 9.79. The SMILES string of the molecule is COCc1cc(CN(C)C(=O)C2(C)CCNCC2)[nH]n1. The molecule has 0 spiro atoms. The van der Waals surface area contributed by atoms with E-state index in [0.29, 0.717) is 13.2 Å². The summed E-state index contributed by atoms with van der Waals surface area (Å²) in [7, 11) is 3.49. The molecule has 6 heteroatoms. The van der Waals surface area contributed by atoms with Gasteiger partial charge in [0.05, 0.1) is 24.5 Å². The fourth-order valence-electron chi connectivity index (χ4n) is 2.69. The highest BCUT2D eigenvalue weighted by molar-refractivity contribution is 5.82. The van der Waals surface area contributed by atoms with Crippen molar-refractivity contribution in [2.75, 3.05) is 27.2 Å². The molecule has 2 heterocycles. The van der Waals surface area contributed by atoms with Crippen molar-refractivity contribution in [1.82, 2.24) is 20.4 Å². The molecule has 0 aliphatic carbocycles. The third-order valence-electron chi connectivity index (χ3n) is 3.95. The lowest BCUT2D eigenvalue weighted by molar-refractivity contribution is -0.142. The first-order chi connectivity index (χ1) is 9.55. The fraction of sp³-hybridized carbons (Fsp3) is 0.714. The average Bonchev–Trinajstić information content (AvgIpc) is 2.86. The van der Waals surface area contributed by atoms with Gasteiger partial charge in [-0.05, 0) is 32.0 Å². The Morgan fingerprint density at radius 3 is 2.85 bits per heavy atom. The predicted octanol–water partition coefficient (Wildman–Crippen LogP) is 0.904. The Balaban J connectivity index is 1.95. The topological polar surface area (TPSA) is 70.2 Å². The summed E-state index contributed by atoms with van der Waals surface area (Å²) in [6.07, 6.45) is 1.79. The second-order valence-corrected chi connectivity index (χ2v) is 5.79. The number of piperidine rings is 1. The molecule has 1 saturated heterocycles. The van der Waals surface area contributed by atoms with E-state index in [9.17, 15) is 4.79 Å². The van der Waals surface area contributed by atoms with Gasteiger partial charge in [-0.1, -0.05) is 6.92 Å². The number of rotatable bonds is 5. The van der Waals surface area contributed by atoms with Crippen LogP contribution in [-0.2, 0) is 22.7 Å². The highest BCUT2D eigenvalue weighted by Crippen LogP contribution is 2.30. The van der Waals surface area contributed by atoms with Crippen molar-refractivity contribution in [1.29, 1.82) is 0 Å². The minimum atomic E-state index is -0.241. The van der Waals surface area contributed by atoms with E-state index >= 15 is 0 Å². The smallest absolute Gasteiger partial charge is 0.228 e. The van der Waals surface area contributed by atoms with Gasteiger partial charge in [-0.2, -0.15) is 5.10 Å². The van der Waals surface area contributed by atoms with E-state index in [2.05, 4.69) is 22.4 Å². The third kappa shape index (κ3) is 3.37. The van der Waals surface area contributed by atoms with Crippen LogP contribution in [0.3, 0.4) is 0 Å². The summed E-state index contributed by atoms with van der Waals surface area (Å²) >= 11 is 0. The first-order valence-electron chi connectivity index (χ1n) is 7.03. The standard InChI is InChI=1S/C14H24N4O2/c1-14(4-6-15-7-5-14)13(19)18(2)9-11-8-12(10-20-3)17-16-11/h8,15H,4-7,9-10H2,1-3H3,(H,16,17). The number of hydrogen-bond donors (Lipinski definition) is 2. The van der Waals surface area contributed by atoms with Crippen molar-refractivity contribution in [2.45, 2.75) is 32.9 Å². The zero-order valence-corrected chi connectivity index (χ0v) is 12.5. The highest BCUT2D eigenvalue weighted by atomic mass is 16.5. The van der Waals surface area contributed by atoms with Gasteiger partial charge in [0.25, 0.3) is 0 Å². The predicted molar refractivity (Wildman–Crippen MR) is 76.0 cm³/mol. The molecule has 0 saturated carbocycles. The molecule has 1 aliphatic heterocycles. The lowest BCUT2D eigenvalue weighted by Crippen LogP contribution is -2.46. The summed E-state index contributed by atoms with van der Waals surface area (Å²) in [5.74, 6) is 0.210. The quantitative estimate of drug-likeness (QED) is 0.841. The van der Waals surface area contributed by atoms with E-state index in [0.717, 1.165) is 37.3 Å². The van der Waals surface area contributed by atoms with Gasteiger partial charge in [0.1, 0.15) is 0 Å². The number of amides is 1. The van der Waals surface area contributed by atoms with Gasteiger partial charge >= 0.3 is 0 Å². The summed E-state index contributed by atoms with van der Waals surface area (Å²) < 4.78 is 5.03. The Hall–Kier alpha value is -1.40. The van der Waals surface area contributed by atoms with Gasteiger partial charge in [0.2, 0.25) is 5.91 Å². The molecule has 1 aromatic rings. The molecular weight excluding hydrogens is 256 g/mol. The van der Waals surface area contributed by atoms with Crippen LogP contribution in [-0.4, -0.2) is 48.3 Å². The van der Waals surface area contributed by atoms with Crippen molar-refractivity contribution in [3.05, 3.63) is 17.5 Å². The Kier molecular flexibility index (Phi) is 4.77. The van der Waals surface area contributed by atoms with E-state index in [1.165, 1.54) is 0 Å². The minimum Gasteiger partial charge on any atom is -0.378 e. The van der Waals surface area contributed by atoms with Crippen LogP contribution < -0.4 is 5.32 Å². The van der Waals surface area contributed by atoms with Gasteiger partial charge < -0.3 is 15.0 Å². The molecule has 0 atom stereocenters. The maximum atomic E-state index is 12.6. The third-order valence-corrected chi connectivity index (χ3v) is 3.95. The molecule has 0 aromatic carbocycles. The number of methoxy groups -OCH3 is 1. The molecule has 20 heavy (non-hydrogen) atoms. The monoisotopic (exact) mass is 280 g/mol. The zero-order chi connectivity index (χ0) is 14.6. The number of nitrogens with one attached hydrogen (secondary N) is 2. The first kappa shape index (κ1) is 15.0. The number of ether oxygens (including phenoxy) is 1. The molecule has 0 bridgehead atoms. The van der Waals surface area contributed by atoms with Crippen LogP contribution in [0.1, 0.15) is 31.2 Å². The Labute approximate surface area is 119 Å². The first-order valence-corrected chi connectivity index (χ1v) is 7.03. The molecule has 1 aromatic heterocycles. The zero-order valence-electron chi connectivity index (χ0n) is 12.5. The van der Waals surface area contributed by atoms with Gasteiger partial charge in [0, 0.05) is 19.6 Å². The second-order valence-electron chi connectivity index (χ2n) is 5.79. The van der Waals surface area contributed by atoms with E-state index in [1.807, 2.05) is 13.1 Å². The number of hydrogen-bond acceptors (Lipinski definition) is 4. The van der Waals surface area contributed by atoms with Gasteiger partial charge in [-0.15, -0.1) is 0 Å². The number of aromatic amines is 1. The average molecular weight is 280 g/mol. The molecule has 0 unspecified atom stereocenters. The minimum absolute atomic E-state index is 0.210. The number of aromatic nitrogens is 2.